The minimum atomic E-state index is -1.09. The second-order valence-electron chi connectivity index (χ2n) is 6.21. The van der Waals surface area contributed by atoms with Gasteiger partial charge >= 0.3 is 5.97 Å². The van der Waals surface area contributed by atoms with Crippen LogP contribution >= 0.6 is 0 Å². The Morgan fingerprint density at radius 2 is 1.48 bits per heavy atom. The number of benzene rings is 3. The topological polar surface area (TPSA) is 38.8 Å². The maximum Gasteiger partial charge on any atom is 0.351 e. The Morgan fingerprint density at radius 3 is 2.12 bits per heavy atom. The van der Waals surface area contributed by atoms with Gasteiger partial charge in [-0.25, -0.2) is 4.79 Å². The fraction of sp³-hybridized carbons (Fsp3) is 0.136. The lowest BCUT2D eigenvalue weighted by Gasteiger charge is -2.13. The molecule has 0 amide bonds. The van der Waals surface area contributed by atoms with E-state index in [1.165, 1.54) is 5.56 Å². The first-order valence-electron chi connectivity index (χ1n) is 8.27. The van der Waals surface area contributed by atoms with E-state index in [1.54, 1.807) is 12.1 Å². The van der Waals surface area contributed by atoms with E-state index in [0.717, 1.165) is 11.1 Å². The molecule has 0 bridgehead atoms. The van der Waals surface area contributed by atoms with Gasteiger partial charge in [0.15, 0.2) is 0 Å². The molecule has 25 heavy (non-hydrogen) atoms. The van der Waals surface area contributed by atoms with Crippen molar-refractivity contribution < 1.29 is 14.3 Å². The van der Waals surface area contributed by atoms with Gasteiger partial charge in [0.1, 0.15) is 11.9 Å². The van der Waals surface area contributed by atoms with Crippen LogP contribution in [0.3, 0.4) is 0 Å². The van der Waals surface area contributed by atoms with E-state index in [0.29, 0.717) is 5.75 Å². The Kier molecular flexibility index (Phi) is 3.86. The molecular weight excluding hydrogens is 312 g/mol. The minimum Gasteiger partial charge on any atom is -0.424 e. The van der Waals surface area contributed by atoms with Crippen LogP contribution in [0.5, 0.6) is 5.75 Å². The first-order chi connectivity index (χ1) is 12.2. The van der Waals surface area contributed by atoms with Crippen molar-refractivity contribution in [3.63, 3.8) is 0 Å². The monoisotopic (exact) mass is 330 g/mol. The summed E-state index contributed by atoms with van der Waals surface area (Å²) in [5.74, 6) is 0.122. The van der Waals surface area contributed by atoms with Gasteiger partial charge in [-0.2, -0.15) is 0 Å². The summed E-state index contributed by atoms with van der Waals surface area (Å²) in [4.78, 5) is 13.0. The highest BCUT2D eigenvalue weighted by Crippen LogP contribution is 2.57. The average Bonchev–Trinajstić information content (AvgIpc) is 3.41. The van der Waals surface area contributed by atoms with Crippen molar-refractivity contribution >= 4 is 5.97 Å². The average molecular weight is 330 g/mol. The number of hydrogen-bond donors (Lipinski definition) is 0. The Labute approximate surface area is 146 Å². The van der Waals surface area contributed by atoms with Crippen molar-refractivity contribution in [2.45, 2.75) is 18.6 Å². The number of hydrogen-bond acceptors (Lipinski definition) is 3. The first-order valence-corrected chi connectivity index (χ1v) is 8.27. The third kappa shape index (κ3) is 2.83. The zero-order chi connectivity index (χ0) is 17.3. The number of para-hydroxylation sites is 1. The van der Waals surface area contributed by atoms with Crippen LogP contribution in [0.2, 0.25) is 0 Å². The maximum atomic E-state index is 13.0. The lowest BCUT2D eigenvalue weighted by molar-refractivity contribution is -0.140. The van der Waals surface area contributed by atoms with Crippen LogP contribution in [0.4, 0.5) is 0 Å². The van der Waals surface area contributed by atoms with Crippen molar-refractivity contribution in [3.05, 3.63) is 102 Å². The Balaban J connectivity index is 1.69. The molecule has 0 aromatic heterocycles. The highest BCUT2D eigenvalue weighted by molar-refractivity contribution is 5.87. The van der Waals surface area contributed by atoms with E-state index in [9.17, 15) is 4.79 Å². The molecule has 0 spiro atoms. The van der Waals surface area contributed by atoms with Crippen LogP contribution in [0.25, 0.3) is 0 Å². The molecule has 0 radical (unpaired) electrons. The highest BCUT2D eigenvalue weighted by Gasteiger charge is 2.66. The van der Waals surface area contributed by atoms with Gasteiger partial charge in [-0.05, 0) is 30.2 Å². The normalized spacial score (nSPS) is 21.6. The largest absolute Gasteiger partial charge is 0.424 e. The summed E-state index contributed by atoms with van der Waals surface area (Å²) in [7, 11) is 0. The van der Waals surface area contributed by atoms with Crippen molar-refractivity contribution in [2.75, 3.05) is 0 Å². The number of aryl methyl sites for hydroxylation is 1. The summed E-state index contributed by atoms with van der Waals surface area (Å²) < 4.78 is 11.6. The predicted octanol–water partition coefficient (Wildman–Crippen LogP) is 4.57. The number of epoxide rings is 1. The smallest absolute Gasteiger partial charge is 0.351 e. The molecule has 1 aliphatic heterocycles. The second-order valence-corrected chi connectivity index (χ2v) is 6.21. The van der Waals surface area contributed by atoms with Gasteiger partial charge in [-0.1, -0.05) is 78.4 Å². The molecule has 1 fully saturated rings. The molecule has 1 heterocycles. The molecule has 4 rings (SSSR count). The summed E-state index contributed by atoms with van der Waals surface area (Å²) in [6.45, 7) is 2.03. The standard InChI is InChI=1S/C22H18O3/c1-16-12-14-17(15-13-16)20-22(25-20,18-8-4-2-5-9-18)21(23)24-19-10-6-3-7-11-19/h2-15,20H,1H3. The third-order valence-corrected chi connectivity index (χ3v) is 4.46. The molecule has 3 heteroatoms. The number of esters is 1. The van der Waals surface area contributed by atoms with Gasteiger partial charge in [0.05, 0.1) is 0 Å². The summed E-state index contributed by atoms with van der Waals surface area (Å²) in [6, 6.07) is 26.7. The second kappa shape index (κ2) is 6.19. The quantitative estimate of drug-likeness (QED) is 0.400. The summed E-state index contributed by atoms with van der Waals surface area (Å²) in [5.41, 5.74) is 1.86. The van der Waals surface area contributed by atoms with Crippen molar-refractivity contribution in [3.8, 4) is 5.75 Å². The van der Waals surface area contributed by atoms with E-state index in [2.05, 4.69) is 0 Å². The summed E-state index contributed by atoms with van der Waals surface area (Å²) >= 11 is 0. The van der Waals surface area contributed by atoms with Gasteiger partial charge in [-0.15, -0.1) is 0 Å². The molecule has 0 N–H and O–H groups in total. The number of ether oxygens (including phenoxy) is 2. The molecule has 2 atom stereocenters. The van der Waals surface area contributed by atoms with Crippen LogP contribution in [0, 0.1) is 6.92 Å². The van der Waals surface area contributed by atoms with Crippen molar-refractivity contribution in [2.24, 2.45) is 0 Å². The van der Waals surface area contributed by atoms with Crippen LogP contribution in [-0.2, 0) is 15.1 Å². The fourth-order valence-electron chi connectivity index (χ4n) is 3.05. The van der Waals surface area contributed by atoms with Gasteiger partial charge in [0.2, 0.25) is 5.60 Å². The molecule has 1 aliphatic rings. The predicted molar refractivity (Wildman–Crippen MR) is 95.2 cm³/mol. The summed E-state index contributed by atoms with van der Waals surface area (Å²) in [5, 5.41) is 0. The van der Waals surface area contributed by atoms with E-state index in [1.807, 2.05) is 79.7 Å². The zero-order valence-electron chi connectivity index (χ0n) is 13.9. The number of carbonyl (C=O) groups excluding carboxylic acids is 1. The lowest BCUT2D eigenvalue weighted by atomic mass is 9.91. The summed E-state index contributed by atoms with van der Waals surface area (Å²) in [6.07, 6.45) is -0.341. The fourth-order valence-corrected chi connectivity index (χ4v) is 3.05. The van der Waals surface area contributed by atoms with Crippen LogP contribution in [-0.4, -0.2) is 5.97 Å². The molecule has 0 saturated carbocycles. The van der Waals surface area contributed by atoms with E-state index in [4.69, 9.17) is 9.47 Å². The molecule has 1 saturated heterocycles. The van der Waals surface area contributed by atoms with E-state index >= 15 is 0 Å². The third-order valence-electron chi connectivity index (χ3n) is 4.46. The SMILES string of the molecule is Cc1ccc(C2OC2(C(=O)Oc2ccccc2)c2ccccc2)cc1. The van der Waals surface area contributed by atoms with Gasteiger partial charge in [0, 0.05) is 0 Å². The molecule has 124 valence electrons. The Morgan fingerprint density at radius 1 is 0.880 bits per heavy atom. The Hall–Kier alpha value is -2.91. The van der Waals surface area contributed by atoms with Crippen LogP contribution in [0.1, 0.15) is 22.8 Å². The molecule has 2 unspecified atom stereocenters. The van der Waals surface area contributed by atoms with Gasteiger partial charge in [0.25, 0.3) is 0 Å². The zero-order valence-corrected chi connectivity index (χ0v) is 13.9. The molecule has 0 aliphatic carbocycles. The minimum absolute atomic E-state index is 0.341. The molecule has 3 aromatic carbocycles. The van der Waals surface area contributed by atoms with Crippen molar-refractivity contribution in [1.82, 2.24) is 0 Å². The van der Waals surface area contributed by atoms with Crippen LogP contribution in [0.15, 0.2) is 84.9 Å². The van der Waals surface area contributed by atoms with Gasteiger partial charge in [-0.3, -0.25) is 0 Å². The van der Waals surface area contributed by atoms with Gasteiger partial charge < -0.3 is 9.47 Å². The maximum absolute atomic E-state index is 13.0. The van der Waals surface area contributed by atoms with Crippen LogP contribution < -0.4 is 4.74 Å². The first kappa shape index (κ1) is 15.6. The van der Waals surface area contributed by atoms with E-state index < -0.39 is 11.6 Å². The molecule has 3 nitrogen and oxygen atoms in total. The molecule has 3 aromatic rings. The lowest BCUT2D eigenvalue weighted by Crippen LogP contribution is -2.28. The number of rotatable bonds is 4. The number of carbonyl (C=O) groups is 1. The van der Waals surface area contributed by atoms with E-state index in [-0.39, 0.29) is 6.10 Å². The molecular formula is C22H18O3. The van der Waals surface area contributed by atoms with Crippen molar-refractivity contribution in [1.29, 1.82) is 0 Å². The Bertz CT molecular complexity index is 872. The highest BCUT2D eigenvalue weighted by atomic mass is 16.7.